The Morgan fingerprint density at radius 1 is 1.00 bits per heavy atom. The summed E-state index contributed by atoms with van der Waals surface area (Å²) in [5.41, 5.74) is 2.72. The molecule has 4 rings (SSSR count). The fourth-order valence-electron chi connectivity index (χ4n) is 3.21. The van der Waals surface area contributed by atoms with E-state index in [-0.39, 0.29) is 11.5 Å². The molecule has 3 heterocycles. The Kier molecular flexibility index (Phi) is 4.73. The molecule has 0 bridgehead atoms. The summed E-state index contributed by atoms with van der Waals surface area (Å²) < 4.78 is 27.3. The summed E-state index contributed by atoms with van der Waals surface area (Å²) in [4.78, 5) is 25.2. The van der Waals surface area contributed by atoms with Gasteiger partial charge in [-0.3, -0.25) is 14.8 Å². The molecule has 1 aromatic carbocycles. The number of piperazine rings is 1. The van der Waals surface area contributed by atoms with Crippen molar-refractivity contribution >= 4 is 38.6 Å². The van der Waals surface area contributed by atoms with Crippen LogP contribution in [-0.2, 0) is 0 Å². The fourth-order valence-corrected chi connectivity index (χ4v) is 3.53. The summed E-state index contributed by atoms with van der Waals surface area (Å²) in [7, 11) is 0. The molecule has 1 saturated heterocycles. The van der Waals surface area contributed by atoms with E-state index in [0.717, 1.165) is 33.3 Å². The number of hydrogen-bond acceptors (Lipinski definition) is 4. The monoisotopic (exact) mass is 432 g/mol. The number of halogens is 3. The summed E-state index contributed by atoms with van der Waals surface area (Å²) in [6, 6.07) is 7.06. The van der Waals surface area contributed by atoms with Crippen molar-refractivity contribution in [2.45, 2.75) is 0 Å². The summed E-state index contributed by atoms with van der Waals surface area (Å²) in [6.45, 7) is 2.20. The van der Waals surface area contributed by atoms with Gasteiger partial charge in [0.25, 0.3) is 5.91 Å². The predicted molar refractivity (Wildman–Crippen MR) is 102 cm³/mol. The predicted octanol–water partition coefficient (Wildman–Crippen LogP) is 3.63. The van der Waals surface area contributed by atoms with Crippen LogP contribution in [-0.4, -0.2) is 47.0 Å². The van der Waals surface area contributed by atoms with Crippen molar-refractivity contribution in [2.75, 3.05) is 31.1 Å². The number of rotatable bonds is 2. The summed E-state index contributed by atoms with van der Waals surface area (Å²) in [6.07, 6.45) is 3.47. The van der Waals surface area contributed by atoms with Crippen LogP contribution in [0.25, 0.3) is 11.0 Å². The molecular formula is C19H15BrF2N4O. The number of aromatic nitrogens is 2. The molecule has 1 fully saturated rings. The van der Waals surface area contributed by atoms with Crippen LogP contribution in [0.3, 0.4) is 0 Å². The van der Waals surface area contributed by atoms with Gasteiger partial charge in [-0.2, -0.15) is 0 Å². The smallest absolute Gasteiger partial charge is 0.254 e. The van der Waals surface area contributed by atoms with Crippen molar-refractivity contribution in [3.8, 4) is 0 Å². The first-order chi connectivity index (χ1) is 13.0. The van der Waals surface area contributed by atoms with Gasteiger partial charge in [0.2, 0.25) is 0 Å². The van der Waals surface area contributed by atoms with Crippen molar-refractivity contribution in [1.29, 1.82) is 0 Å². The Bertz CT molecular complexity index is 1020. The summed E-state index contributed by atoms with van der Waals surface area (Å²) >= 11 is 3.40. The lowest BCUT2D eigenvalue weighted by Gasteiger charge is -2.36. The maximum absolute atomic E-state index is 13.4. The number of anilines is 1. The lowest BCUT2D eigenvalue weighted by molar-refractivity contribution is 0.0746. The molecule has 1 aliphatic heterocycles. The highest BCUT2D eigenvalue weighted by atomic mass is 79.9. The van der Waals surface area contributed by atoms with E-state index in [0.29, 0.717) is 26.2 Å². The molecule has 0 aliphatic carbocycles. The first-order valence-corrected chi connectivity index (χ1v) is 9.22. The molecule has 0 spiro atoms. The minimum Gasteiger partial charge on any atom is -0.366 e. The third-order valence-electron chi connectivity index (χ3n) is 4.60. The van der Waals surface area contributed by atoms with Crippen LogP contribution in [0.2, 0.25) is 0 Å². The molecule has 1 aliphatic rings. The second kappa shape index (κ2) is 7.19. The molecule has 0 N–H and O–H groups in total. The first-order valence-electron chi connectivity index (χ1n) is 8.42. The lowest BCUT2D eigenvalue weighted by atomic mass is 10.1. The van der Waals surface area contributed by atoms with Gasteiger partial charge in [0, 0.05) is 48.6 Å². The Morgan fingerprint density at radius 3 is 2.52 bits per heavy atom. The van der Waals surface area contributed by atoms with Crippen molar-refractivity contribution in [3.05, 3.63) is 64.4 Å². The van der Waals surface area contributed by atoms with E-state index in [2.05, 4.69) is 30.8 Å². The number of nitrogens with zero attached hydrogens (tertiary/aromatic N) is 4. The van der Waals surface area contributed by atoms with Gasteiger partial charge in [-0.1, -0.05) is 0 Å². The molecule has 8 heteroatoms. The molecule has 2 aromatic heterocycles. The van der Waals surface area contributed by atoms with Gasteiger partial charge in [0.05, 0.1) is 11.2 Å². The number of pyridine rings is 2. The van der Waals surface area contributed by atoms with E-state index in [1.165, 1.54) is 6.07 Å². The molecule has 0 unspecified atom stereocenters. The van der Waals surface area contributed by atoms with Gasteiger partial charge >= 0.3 is 0 Å². The number of amides is 1. The summed E-state index contributed by atoms with van der Waals surface area (Å²) in [5, 5.41) is 0. The maximum Gasteiger partial charge on any atom is 0.254 e. The van der Waals surface area contributed by atoms with E-state index in [4.69, 9.17) is 0 Å². The van der Waals surface area contributed by atoms with Crippen molar-refractivity contribution in [2.24, 2.45) is 0 Å². The zero-order valence-corrected chi connectivity index (χ0v) is 15.8. The van der Waals surface area contributed by atoms with Crippen LogP contribution in [0.1, 0.15) is 10.4 Å². The molecule has 1 amide bonds. The molecule has 27 heavy (non-hydrogen) atoms. The number of benzene rings is 1. The third-order valence-corrected chi connectivity index (χ3v) is 5.03. The van der Waals surface area contributed by atoms with Gasteiger partial charge in [-0.15, -0.1) is 0 Å². The topological polar surface area (TPSA) is 49.3 Å². The van der Waals surface area contributed by atoms with Gasteiger partial charge < -0.3 is 9.80 Å². The molecular weight excluding hydrogens is 418 g/mol. The van der Waals surface area contributed by atoms with Crippen molar-refractivity contribution in [1.82, 2.24) is 14.9 Å². The van der Waals surface area contributed by atoms with E-state index >= 15 is 0 Å². The lowest BCUT2D eigenvalue weighted by Crippen LogP contribution is -2.48. The van der Waals surface area contributed by atoms with Crippen LogP contribution < -0.4 is 4.90 Å². The fraction of sp³-hybridized carbons (Fsp3) is 0.211. The average Bonchev–Trinajstić information content (AvgIpc) is 2.69. The standard InChI is InChI=1S/C19H15BrF2N4O/c20-13-10-16-18(24-11-13)17(3-4-23-16)25-5-7-26(8-6-25)19(27)12-1-2-14(21)15(22)9-12/h1-4,9-11H,5-8H2. The number of fused-ring (bicyclic) bond motifs is 1. The van der Waals surface area contributed by atoms with Crippen molar-refractivity contribution < 1.29 is 13.6 Å². The SMILES string of the molecule is O=C(c1ccc(F)c(F)c1)N1CCN(c2ccnc3cc(Br)cnc23)CC1. The third kappa shape index (κ3) is 3.49. The number of carbonyl (C=O) groups excluding carboxylic acids is 1. The van der Waals surface area contributed by atoms with Gasteiger partial charge in [-0.05, 0) is 46.3 Å². The van der Waals surface area contributed by atoms with Gasteiger partial charge in [-0.25, -0.2) is 8.78 Å². The number of carbonyl (C=O) groups is 1. The minimum absolute atomic E-state index is 0.156. The normalized spacial score (nSPS) is 14.6. The van der Waals surface area contributed by atoms with Crippen molar-refractivity contribution in [3.63, 3.8) is 0 Å². The Labute approximate surface area is 162 Å². The highest BCUT2D eigenvalue weighted by Gasteiger charge is 2.24. The Morgan fingerprint density at radius 2 is 1.78 bits per heavy atom. The van der Waals surface area contributed by atoms with Crippen LogP contribution >= 0.6 is 15.9 Å². The maximum atomic E-state index is 13.4. The minimum atomic E-state index is -1.01. The first kappa shape index (κ1) is 17.8. The average molecular weight is 433 g/mol. The van der Waals surface area contributed by atoms with E-state index in [1.807, 2.05) is 12.1 Å². The number of hydrogen-bond donors (Lipinski definition) is 0. The molecule has 0 atom stereocenters. The highest BCUT2D eigenvalue weighted by Crippen LogP contribution is 2.26. The van der Waals surface area contributed by atoms with E-state index < -0.39 is 11.6 Å². The van der Waals surface area contributed by atoms with E-state index in [9.17, 15) is 13.6 Å². The molecule has 0 radical (unpaired) electrons. The molecule has 0 saturated carbocycles. The Hall–Kier alpha value is -2.61. The molecule has 5 nitrogen and oxygen atoms in total. The van der Waals surface area contributed by atoms with Crippen LogP contribution in [0, 0.1) is 11.6 Å². The zero-order chi connectivity index (χ0) is 19.0. The zero-order valence-electron chi connectivity index (χ0n) is 14.2. The molecule has 138 valence electrons. The van der Waals surface area contributed by atoms with Gasteiger partial charge in [0.1, 0.15) is 5.52 Å². The van der Waals surface area contributed by atoms with Gasteiger partial charge in [0.15, 0.2) is 11.6 Å². The quantitative estimate of drug-likeness (QED) is 0.620. The molecule has 3 aromatic rings. The van der Waals surface area contributed by atoms with Crippen LogP contribution in [0.15, 0.2) is 47.2 Å². The highest BCUT2D eigenvalue weighted by molar-refractivity contribution is 9.10. The summed E-state index contributed by atoms with van der Waals surface area (Å²) in [5.74, 6) is -2.27. The van der Waals surface area contributed by atoms with Crippen LogP contribution in [0.5, 0.6) is 0 Å². The van der Waals surface area contributed by atoms with E-state index in [1.54, 1.807) is 17.3 Å². The van der Waals surface area contributed by atoms with Crippen LogP contribution in [0.4, 0.5) is 14.5 Å². The second-order valence-electron chi connectivity index (χ2n) is 6.26. The largest absolute Gasteiger partial charge is 0.366 e. The Balaban J connectivity index is 1.51. The second-order valence-corrected chi connectivity index (χ2v) is 7.18.